The monoisotopic (exact) mass is 318 g/mol. The van der Waals surface area contributed by atoms with Crippen LogP contribution in [0.15, 0.2) is 18.2 Å². The Balaban J connectivity index is 2.03. The fourth-order valence-electron chi connectivity index (χ4n) is 2.28. The first-order valence-electron chi connectivity index (χ1n) is 6.57. The molecule has 7 heteroatoms. The lowest BCUT2D eigenvalue weighted by molar-refractivity contribution is 0.415. The minimum atomic E-state index is -3.38. The molecule has 1 unspecified atom stereocenters. The molecule has 1 saturated heterocycles. The van der Waals surface area contributed by atoms with Crippen LogP contribution in [0.25, 0.3) is 0 Å². The minimum Gasteiger partial charge on any atom is -0.495 e. The van der Waals surface area contributed by atoms with Gasteiger partial charge in [0.1, 0.15) is 5.75 Å². The van der Waals surface area contributed by atoms with Crippen LogP contribution in [0.3, 0.4) is 0 Å². The second-order valence-electron chi connectivity index (χ2n) is 4.88. The zero-order valence-electron chi connectivity index (χ0n) is 11.4. The van der Waals surface area contributed by atoms with Crippen LogP contribution in [0.1, 0.15) is 19.3 Å². The number of nitrogens with one attached hydrogen (secondary N) is 2. The molecule has 1 aliphatic heterocycles. The van der Waals surface area contributed by atoms with E-state index in [1.165, 1.54) is 7.11 Å². The summed E-state index contributed by atoms with van der Waals surface area (Å²) in [6.45, 7) is 0.884. The van der Waals surface area contributed by atoms with Crippen molar-refractivity contribution in [2.45, 2.75) is 25.3 Å². The first-order chi connectivity index (χ1) is 9.50. The second kappa shape index (κ2) is 6.65. The van der Waals surface area contributed by atoms with Crippen LogP contribution in [0.2, 0.25) is 5.02 Å². The highest BCUT2D eigenvalue weighted by atomic mass is 35.5. The van der Waals surface area contributed by atoms with Crippen LogP contribution in [0.5, 0.6) is 5.75 Å². The van der Waals surface area contributed by atoms with Crippen molar-refractivity contribution in [1.82, 2.24) is 5.32 Å². The van der Waals surface area contributed by atoms with Crippen LogP contribution in [0, 0.1) is 0 Å². The maximum Gasteiger partial charge on any atom is 0.234 e. The summed E-state index contributed by atoms with van der Waals surface area (Å²) in [6.07, 6.45) is 3.07. The van der Waals surface area contributed by atoms with E-state index in [9.17, 15) is 8.42 Å². The van der Waals surface area contributed by atoms with Crippen molar-refractivity contribution in [3.05, 3.63) is 23.2 Å². The third kappa shape index (κ3) is 4.26. The second-order valence-corrected chi connectivity index (χ2v) is 7.05. The van der Waals surface area contributed by atoms with E-state index in [1.54, 1.807) is 18.2 Å². The fourth-order valence-corrected chi connectivity index (χ4v) is 3.85. The molecule has 0 amide bonds. The molecule has 0 aromatic heterocycles. The van der Waals surface area contributed by atoms with Gasteiger partial charge in [-0.25, -0.2) is 8.42 Å². The first kappa shape index (κ1) is 15.4. The van der Waals surface area contributed by atoms with Gasteiger partial charge in [-0.05, 0) is 31.5 Å². The molecule has 1 aromatic carbocycles. The molecule has 2 N–H and O–H groups in total. The molecule has 0 saturated carbocycles. The van der Waals surface area contributed by atoms with Gasteiger partial charge in [-0.15, -0.1) is 0 Å². The Morgan fingerprint density at radius 1 is 1.45 bits per heavy atom. The van der Waals surface area contributed by atoms with E-state index in [0.29, 0.717) is 16.5 Å². The van der Waals surface area contributed by atoms with E-state index in [2.05, 4.69) is 10.0 Å². The van der Waals surface area contributed by atoms with Crippen LogP contribution in [-0.2, 0) is 10.0 Å². The van der Waals surface area contributed by atoms with Crippen LogP contribution in [-0.4, -0.2) is 33.9 Å². The topological polar surface area (TPSA) is 67.4 Å². The molecule has 1 heterocycles. The van der Waals surface area contributed by atoms with E-state index < -0.39 is 10.0 Å². The molecular formula is C13H19ClN2O3S. The average Bonchev–Trinajstić information content (AvgIpc) is 2.41. The van der Waals surface area contributed by atoms with Crippen molar-refractivity contribution in [2.24, 2.45) is 0 Å². The van der Waals surface area contributed by atoms with Gasteiger partial charge in [-0.2, -0.15) is 0 Å². The Morgan fingerprint density at radius 3 is 2.90 bits per heavy atom. The Morgan fingerprint density at radius 2 is 2.25 bits per heavy atom. The maximum atomic E-state index is 12.1. The number of anilines is 1. The lowest BCUT2D eigenvalue weighted by atomic mass is 10.1. The van der Waals surface area contributed by atoms with E-state index in [-0.39, 0.29) is 11.8 Å². The van der Waals surface area contributed by atoms with Crippen molar-refractivity contribution >= 4 is 27.3 Å². The highest BCUT2D eigenvalue weighted by Crippen LogP contribution is 2.28. The van der Waals surface area contributed by atoms with E-state index in [1.807, 2.05) is 0 Å². The summed E-state index contributed by atoms with van der Waals surface area (Å²) < 4.78 is 31.9. The Bertz CT molecular complexity index is 557. The molecule has 0 spiro atoms. The van der Waals surface area contributed by atoms with Gasteiger partial charge in [-0.1, -0.05) is 18.0 Å². The van der Waals surface area contributed by atoms with Crippen molar-refractivity contribution < 1.29 is 13.2 Å². The third-order valence-corrected chi connectivity index (χ3v) is 4.96. The first-order valence-corrected chi connectivity index (χ1v) is 8.60. The zero-order valence-corrected chi connectivity index (χ0v) is 12.9. The fraction of sp³-hybridized carbons (Fsp3) is 0.538. The predicted molar refractivity (Wildman–Crippen MR) is 81.1 cm³/mol. The highest BCUT2D eigenvalue weighted by molar-refractivity contribution is 7.92. The number of hydrogen-bond acceptors (Lipinski definition) is 4. The molecular weight excluding hydrogens is 300 g/mol. The van der Waals surface area contributed by atoms with Crippen LogP contribution < -0.4 is 14.8 Å². The van der Waals surface area contributed by atoms with Crippen molar-refractivity contribution in [3.8, 4) is 5.75 Å². The van der Waals surface area contributed by atoms with Gasteiger partial charge in [-0.3, -0.25) is 4.72 Å². The standard InChI is InChI=1S/C13H19ClN2O3S/c1-19-13-8-10(5-6-12(13)14)16-20(17,18)9-11-4-2-3-7-15-11/h5-6,8,11,15-16H,2-4,7,9H2,1H3. The minimum absolute atomic E-state index is 0.0236. The largest absolute Gasteiger partial charge is 0.495 e. The summed E-state index contributed by atoms with van der Waals surface area (Å²) in [6, 6.07) is 4.83. The van der Waals surface area contributed by atoms with Gasteiger partial charge in [0, 0.05) is 12.1 Å². The van der Waals surface area contributed by atoms with Gasteiger partial charge < -0.3 is 10.1 Å². The average molecular weight is 319 g/mol. The molecule has 0 radical (unpaired) electrons. The van der Waals surface area contributed by atoms with Gasteiger partial charge in [0.25, 0.3) is 0 Å². The molecule has 5 nitrogen and oxygen atoms in total. The lowest BCUT2D eigenvalue weighted by Crippen LogP contribution is -2.40. The SMILES string of the molecule is COc1cc(NS(=O)(=O)CC2CCCCN2)ccc1Cl. The van der Waals surface area contributed by atoms with Gasteiger partial charge in [0.05, 0.1) is 23.6 Å². The molecule has 112 valence electrons. The summed E-state index contributed by atoms with van der Waals surface area (Å²) in [7, 11) is -1.89. The van der Waals surface area contributed by atoms with Gasteiger partial charge in [0.15, 0.2) is 0 Å². The number of sulfonamides is 1. The number of benzene rings is 1. The van der Waals surface area contributed by atoms with E-state index >= 15 is 0 Å². The molecule has 2 rings (SSSR count). The van der Waals surface area contributed by atoms with E-state index in [4.69, 9.17) is 16.3 Å². The number of rotatable bonds is 5. The molecule has 1 atom stereocenters. The highest BCUT2D eigenvalue weighted by Gasteiger charge is 2.21. The third-order valence-electron chi connectivity index (χ3n) is 3.26. The Labute approximate surface area is 124 Å². The smallest absolute Gasteiger partial charge is 0.234 e. The molecule has 1 aliphatic rings. The maximum absolute atomic E-state index is 12.1. The molecule has 1 fully saturated rings. The summed E-state index contributed by atoms with van der Waals surface area (Å²) >= 11 is 5.91. The number of ether oxygens (including phenoxy) is 1. The number of halogens is 1. The lowest BCUT2D eigenvalue weighted by Gasteiger charge is -2.23. The van der Waals surface area contributed by atoms with E-state index in [0.717, 1.165) is 25.8 Å². The normalized spacial score (nSPS) is 19.6. The summed E-state index contributed by atoms with van der Waals surface area (Å²) in [5.41, 5.74) is 0.460. The van der Waals surface area contributed by atoms with Crippen LogP contribution >= 0.6 is 11.6 Å². The zero-order chi connectivity index (χ0) is 14.6. The Hall–Kier alpha value is -0.980. The quantitative estimate of drug-likeness (QED) is 0.873. The van der Waals surface area contributed by atoms with Crippen molar-refractivity contribution in [2.75, 3.05) is 24.1 Å². The Kier molecular flexibility index (Phi) is 5.12. The predicted octanol–water partition coefficient (Wildman–Crippen LogP) is 2.23. The number of piperidine rings is 1. The summed E-state index contributed by atoms with van der Waals surface area (Å²) in [5.74, 6) is 0.528. The number of hydrogen-bond donors (Lipinski definition) is 2. The van der Waals surface area contributed by atoms with Gasteiger partial charge >= 0.3 is 0 Å². The molecule has 0 aliphatic carbocycles. The summed E-state index contributed by atoms with van der Waals surface area (Å²) in [5, 5.41) is 3.68. The van der Waals surface area contributed by atoms with Gasteiger partial charge in [0.2, 0.25) is 10.0 Å². The molecule has 20 heavy (non-hydrogen) atoms. The molecule has 1 aromatic rings. The number of methoxy groups -OCH3 is 1. The van der Waals surface area contributed by atoms with Crippen LogP contribution in [0.4, 0.5) is 5.69 Å². The van der Waals surface area contributed by atoms with Crippen molar-refractivity contribution in [1.29, 1.82) is 0 Å². The molecule has 0 bridgehead atoms. The summed E-state index contributed by atoms with van der Waals surface area (Å²) in [4.78, 5) is 0. The van der Waals surface area contributed by atoms with Crippen molar-refractivity contribution in [3.63, 3.8) is 0 Å².